The molecule has 0 aliphatic heterocycles. The first-order chi connectivity index (χ1) is 9.56. The Hall–Kier alpha value is -1.63. The molecular weight excluding hydrogens is 274 g/mol. The lowest BCUT2D eigenvalue weighted by Gasteiger charge is -2.06. The SMILES string of the molecule is CCc1nn(C)c(OC)c1CNc1nc(C(C)C)ns1. The Morgan fingerprint density at radius 1 is 1.40 bits per heavy atom. The summed E-state index contributed by atoms with van der Waals surface area (Å²) in [6, 6.07) is 0. The zero-order chi connectivity index (χ0) is 14.7. The minimum atomic E-state index is 0.348. The maximum absolute atomic E-state index is 5.42. The number of ether oxygens (including phenoxy) is 1. The normalized spacial score (nSPS) is 11.1. The molecule has 2 aromatic heterocycles. The van der Waals surface area contributed by atoms with Crippen LogP contribution in [0.15, 0.2) is 0 Å². The van der Waals surface area contributed by atoms with Crippen molar-refractivity contribution in [2.75, 3.05) is 12.4 Å². The highest BCUT2D eigenvalue weighted by molar-refractivity contribution is 7.09. The number of nitrogens with zero attached hydrogens (tertiary/aromatic N) is 4. The molecule has 2 heterocycles. The molecule has 0 radical (unpaired) electrons. The molecule has 2 aromatic rings. The monoisotopic (exact) mass is 295 g/mol. The Morgan fingerprint density at radius 2 is 2.15 bits per heavy atom. The van der Waals surface area contributed by atoms with Gasteiger partial charge in [0, 0.05) is 31.0 Å². The van der Waals surface area contributed by atoms with Crippen LogP contribution in [0.5, 0.6) is 5.88 Å². The van der Waals surface area contributed by atoms with E-state index < -0.39 is 0 Å². The van der Waals surface area contributed by atoms with E-state index in [1.54, 1.807) is 11.8 Å². The molecule has 0 spiro atoms. The van der Waals surface area contributed by atoms with Gasteiger partial charge < -0.3 is 10.1 Å². The van der Waals surface area contributed by atoms with E-state index in [2.05, 4.69) is 40.5 Å². The molecule has 0 fully saturated rings. The number of methoxy groups -OCH3 is 1. The second-order valence-electron chi connectivity index (χ2n) is 4.88. The van der Waals surface area contributed by atoms with Gasteiger partial charge in [-0.25, -0.2) is 9.67 Å². The van der Waals surface area contributed by atoms with Crippen molar-refractivity contribution < 1.29 is 4.74 Å². The van der Waals surface area contributed by atoms with E-state index in [9.17, 15) is 0 Å². The first-order valence-electron chi connectivity index (χ1n) is 6.73. The lowest BCUT2D eigenvalue weighted by atomic mass is 10.2. The third-order valence-corrected chi connectivity index (χ3v) is 3.76. The van der Waals surface area contributed by atoms with Crippen LogP contribution in [0.1, 0.15) is 43.8 Å². The van der Waals surface area contributed by atoms with E-state index in [1.807, 2.05) is 7.05 Å². The minimum Gasteiger partial charge on any atom is -0.481 e. The van der Waals surface area contributed by atoms with Crippen LogP contribution in [0, 0.1) is 0 Å². The highest BCUT2D eigenvalue weighted by atomic mass is 32.1. The Labute approximate surface area is 123 Å². The topological polar surface area (TPSA) is 64.9 Å². The third-order valence-electron chi connectivity index (χ3n) is 3.07. The van der Waals surface area contributed by atoms with Gasteiger partial charge in [-0.2, -0.15) is 9.47 Å². The summed E-state index contributed by atoms with van der Waals surface area (Å²) < 4.78 is 11.5. The van der Waals surface area contributed by atoms with Gasteiger partial charge in [0.15, 0.2) is 0 Å². The highest BCUT2D eigenvalue weighted by Crippen LogP contribution is 2.24. The summed E-state index contributed by atoms with van der Waals surface area (Å²) in [5, 5.41) is 8.61. The first kappa shape index (κ1) is 14.8. The van der Waals surface area contributed by atoms with Crippen LogP contribution in [0.2, 0.25) is 0 Å². The molecule has 0 saturated heterocycles. The molecule has 0 unspecified atom stereocenters. The fraction of sp³-hybridized carbons (Fsp3) is 0.615. The van der Waals surface area contributed by atoms with Crippen LogP contribution in [-0.2, 0) is 20.0 Å². The molecular formula is C13H21N5OS. The Morgan fingerprint density at radius 3 is 2.70 bits per heavy atom. The lowest BCUT2D eigenvalue weighted by molar-refractivity contribution is 0.370. The van der Waals surface area contributed by atoms with Gasteiger partial charge in [0.2, 0.25) is 11.0 Å². The van der Waals surface area contributed by atoms with Gasteiger partial charge >= 0.3 is 0 Å². The van der Waals surface area contributed by atoms with Gasteiger partial charge in [0.05, 0.1) is 18.4 Å². The molecule has 2 rings (SSSR count). The highest BCUT2D eigenvalue weighted by Gasteiger charge is 2.16. The zero-order valence-corrected chi connectivity index (χ0v) is 13.4. The summed E-state index contributed by atoms with van der Waals surface area (Å²) in [4.78, 5) is 4.47. The summed E-state index contributed by atoms with van der Waals surface area (Å²) in [6.45, 7) is 6.91. The predicted octanol–water partition coefficient (Wildman–Crippen LogP) is 2.58. The van der Waals surface area contributed by atoms with E-state index in [-0.39, 0.29) is 0 Å². The van der Waals surface area contributed by atoms with E-state index in [0.29, 0.717) is 12.5 Å². The summed E-state index contributed by atoms with van der Waals surface area (Å²) in [5.41, 5.74) is 2.13. The van der Waals surface area contributed by atoms with Crippen molar-refractivity contribution in [1.82, 2.24) is 19.1 Å². The maximum Gasteiger partial charge on any atom is 0.216 e. The maximum atomic E-state index is 5.42. The van der Waals surface area contributed by atoms with E-state index in [1.165, 1.54) is 11.5 Å². The Bertz CT molecular complexity index is 575. The van der Waals surface area contributed by atoms with E-state index >= 15 is 0 Å². The van der Waals surface area contributed by atoms with Gasteiger partial charge in [-0.05, 0) is 6.42 Å². The van der Waals surface area contributed by atoms with Gasteiger partial charge in [-0.1, -0.05) is 20.8 Å². The molecule has 7 heteroatoms. The number of nitrogens with one attached hydrogen (secondary N) is 1. The molecule has 110 valence electrons. The van der Waals surface area contributed by atoms with Crippen molar-refractivity contribution in [3.05, 3.63) is 17.1 Å². The fourth-order valence-corrected chi connectivity index (χ4v) is 2.73. The summed E-state index contributed by atoms with van der Waals surface area (Å²) in [5.74, 6) is 2.02. The fourth-order valence-electron chi connectivity index (χ4n) is 2.03. The van der Waals surface area contributed by atoms with Crippen LogP contribution in [-0.4, -0.2) is 26.2 Å². The molecule has 20 heavy (non-hydrogen) atoms. The van der Waals surface area contributed by atoms with Gasteiger partial charge in [-0.15, -0.1) is 0 Å². The van der Waals surface area contributed by atoms with Crippen LogP contribution in [0.4, 0.5) is 5.13 Å². The van der Waals surface area contributed by atoms with Gasteiger partial charge in [0.25, 0.3) is 0 Å². The van der Waals surface area contributed by atoms with Gasteiger partial charge in [-0.3, -0.25) is 0 Å². The second kappa shape index (κ2) is 6.21. The molecule has 1 N–H and O–H groups in total. The van der Waals surface area contributed by atoms with Crippen molar-refractivity contribution in [1.29, 1.82) is 0 Å². The summed E-state index contributed by atoms with van der Waals surface area (Å²) in [7, 11) is 3.56. The number of hydrogen-bond acceptors (Lipinski definition) is 6. The Kier molecular flexibility index (Phi) is 4.59. The van der Waals surface area contributed by atoms with Crippen LogP contribution >= 0.6 is 11.5 Å². The number of anilines is 1. The zero-order valence-electron chi connectivity index (χ0n) is 12.6. The summed E-state index contributed by atoms with van der Waals surface area (Å²) >= 11 is 1.39. The van der Waals surface area contributed by atoms with Crippen molar-refractivity contribution in [3.8, 4) is 5.88 Å². The largest absolute Gasteiger partial charge is 0.481 e. The molecule has 0 amide bonds. The first-order valence-corrected chi connectivity index (χ1v) is 7.50. The number of rotatable bonds is 6. The van der Waals surface area contributed by atoms with E-state index in [0.717, 1.165) is 34.5 Å². The van der Waals surface area contributed by atoms with Crippen LogP contribution < -0.4 is 10.1 Å². The minimum absolute atomic E-state index is 0.348. The molecule has 0 atom stereocenters. The number of aryl methyl sites for hydroxylation is 2. The van der Waals surface area contributed by atoms with Gasteiger partial charge in [0.1, 0.15) is 5.82 Å². The molecule has 0 aliphatic rings. The molecule has 0 aliphatic carbocycles. The molecule has 0 aromatic carbocycles. The quantitative estimate of drug-likeness (QED) is 0.887. The summed E-state index contributed by atoms with van der Waals surface area (Å²) in [6.07, 6.45) is 0.877. The second-order valence-corrected chi connectivity index (χ2v) is 5.63. The average Bonchev–Trinajstić information content (AvgIpc) is 3.00. The van der Waals surface area contributed by atoms with Crippen LogP contribution in [0.25, 0.3) is 0 Å². The standard InChI is InChI=1S/C13H21N5OS/c1-6-10-9(12(19-5)18(4)16-10)7-14-13-15-11(8(2)3)17-20-13/h8H,6-7H2,1-5H3,(H,14,15,17). The van der Waals surface area contributed by atoms with E-state index in [4.69, 9.17) is 4.74 Å². The number of hydrogen-bond donors (Lipinski definition) is 1. The molecule has 6 nitrogen and oxygen atoms in total. The van der Waals surface area contributed by atoms with Crippen molar-refractivity contribution in [2.45, 2.75) is 39.7 Å². The average molecular weight is 295 g/mol. The third kappa shape index (κ3) is 2.92. The Balaban J connectivity index is 2.13. The predicted molar refractivity (Wildman–Crippen MR) is 80.5 cm³/mol. The van der Waals surface area contributed by atoms with Crippen molar-refractivity contribution >= 4 is 16.7 Å². The van der Waals surface area contributed by atoms with Crippen molar-refractivity contribution in [2.24, 2.45) is 7.05 Å². The van der Waals surface area contributed by atoms with Crippen LogP contribution in [0.3, 0.4) is 0 Å². The lowest BCUT2D eigenvalue weighted by Crippen LogP contribution is -2.03. The smallest absolute Gasteiger partial charge is 0.216 e. The molecule has 0 bridgehead atoms. The molecule has 0 saturated carbocycles. The van der Waals surface area contributed by atoms with Crippen molar-refractivity contribution in [3.63, 3.8) is 0 Å². The number of aromatic nitrogens is 4.